The van der Waals surface area contributed by atoms with E-state index in [-0.39, 0.29) is 0 Å². The molecule has 2 heteroatoms. The Balaban J connectivity index is 2.83. The SMILES string of the molecule is CN(C)[C]=N. The Labute approximate surface area is 31.9 Å². The van der Waals surface area contributed by atoms with E-state index in [4.69, 9.17) is 5.41 Å². The van der Waals surface area contributed by atoms with Gasteiger partial charge in [-0.25, -0.2) is 0 Å². The van der Waals surface area contributed by atoms with Gasteiger partial charge < -0.3 is 4.90 Å². The summed E-state index contributed by atoms with van der Waals surface area (Å²) in [5.41, 5.74) is 0. The lowest BCUT2D eigenvalue weighted by atomic mass is 11.0. The molecule has 1 radical (unpaired) electrons. The smallest absolute Gasteiger partial charge is 0.163 e. The van der Waals surface area contributed by atoms with Crippen LogP contribution in [0.4, 0.5) is 0 Å². The van der Waals surface area contributed by atoms with Gasteiger partial charge >= 0.3 is 0 Å². The Morgan fingerprint density at radius 1 is 1.60 bits per heavy atom. The van der Waals surface area contributed by atoms with E-state index < -0.39 is 0 Å². The van der Waals surface area contributed by atoms with Crippen molar-refractivity contribution in [1.82, 2.24) is 4.90 Å². The van der Waals surface area contributed by atoms with E-state index in [2.05, 4.69) is 6.34 Å². The van der Waals surface area contributed by atoms with Gasteiger partial charge in [0.05, 0.1) is 0 Å². The summed E-state index contributed by atoms with van der Waals surface area (Å²) < 4.78 is 0. The van der Waals surface area contributed by atoms with Crippen LogP contribution in [0.2, 0.25) is 0 Å². The number of hydrogen-bond acceptors (Lipinski definition) is 1. The van der Waals surface area contributed by atoms with Crippen LogP contribution < -0.4 is 0 Å². The molecule has 0 rings (SSSR count). The van der Waals surface area contributed by atoms with Gasteiger partial charge in [-0.1, -0.05) is 0 Å². The summed E-state index contributed by atoms with van der Waals surface area (Å²) in [5, 5.41) is 6.33. The number of hydrogen-bond donors (Lipinski definition) is 1. The number of nitrogens with zero attached hydrogens (tertiary/aromatic N) is 1. The maximum atomic E-state index is 6.33. The van der Waals surface area contributed by atoms with Crippen LogP contribution in [0.5, 0.6) is 0 Å². The predicted molar refractivity (Wildman–Crippen MR) is 21.4 cm³/mol. The molecule has 0 aliphatic heterocycles. The second kappa shape index (κ2) is 1.76. The molecule has 1 N–H and O–H groups in total. The minimum Gasteiger partial charge on any atom is -0.360 e. The van der Waals surface area contributed by atoms with E-state index >= 15 is 0 Å². The quantitative estimate of drug-likeness (QED) is 0.263. The Kier molecular flexibility index (Phi) is 1.57. The first-order valence-corrected chi connectivity index (χ1v) is 1.37. The van der Waals surface area contributed by atoms with Crippen LogP contribution in [-0.4, -0.2) is 25.3 Å². The molecule has 0 atom stereocenters. The third-order valence-corrected chi connectivity index (χ3v) is 0.224. The standard InChI is InChI=1S/C3H7N2/c1-5(2)3-4/h4H,1-2H3. The van der Waals surface area contributed by atoms with Crippen LogP contribution in [0.1, 0.15) is 0 Å². The lowest BCUT2D eigenvalue weighted by Gasteiger charge is -1.94. The highest BCUT2D eigenvalue weighted by molar-refractivity contribution is 5.49. The molecule has 5 heavy (non-hydrogen) atoms. The van der Waals surface area contributed by atoms with Crippen molar-refractivity contribution in [3.05, 3.63) is 0 Å². The molecule has 2 nitrogen and oxygen atoms in total. The fraction of sp³-hybridized carbons (Fsp3) is 0.667. The summed E-state index contributed by atoms with van der Waals surface area (Å²) in [7, 11) is 3.51. The molecule has 0 saturated carbocycles. The Morgan fingerprint density at radius 2 is 1.80 bits per heavy atom. The molecule has 0 aromatic rings. The molecule has 0 saturated heterocycles. The highest BCUT2D eigenvalue weighted by Crippen LogP contribution is 1.53. The largest absolute Gasteiger partial charge is 0.360 e. The van der Waals surface area contributed by atoms with Gasteiger partial charge in [0.25, 0.3) is 0 Å². The molecule has 0 aromatic heterocycles. The van der Waals surface area contributed by atoms with E-state index in [1.54, 1.807) is 19.0 Å². The van der Waals surface area contributed by atoms with Crippen LogP contribution in [-0.2, 0) is 0 Å². The zero-order valence-electron chi connectivity index (χ0n) is 3.45. The summed E-state index contributed by atoms with van der Waals surface area (Å²) in [6.45, 7) is 0. The van der Waals surface area contributed by atoms with Gasteiger partial charge in [-0.3, -0.25) is 5.41 Å². The van der Waals surface area contributed by atoms with Crippen molar-refractivity contribution < 1.29 is 0 Å². The molecular weight excluding hydrogens is 64.0 g/mol. The van der Waals surface area contributed by atoms with Crippen molar-refractivity contribution >= 4 is 6.34 Å². The molecule has 0 aliphatic carbocycles. The van der Waals surface area contributed by atoms with Crippen molar-refractivity contribution in [3.63, 3.8) is 0 Å². The monoisotopic (exact) mass is 71.1 g/mol. The molecular formula is C3H7N2. The number of rotatable bonds is 1. The van der Waals surface area contributed by atoms with Gasteiger partial charge in [-0.15, -0.1) is 0 Å². The molecule has 0 heterocycles. The van der Waals surface area contributed by atoms with Gasteiger partial charge in [0, 0.05) is 14.1 Å². The van der Waals surface area contributed by atoms with Crippen LogP contribution >= 0.6 is 0 Å². The first-order valence-electron chi connectivity index (χ1n) is 1.37. The fourth-order valence-corrected chi connectivity index (χ4v) is 0. The average molecular weight is 71.1 g/mol. The van der Waals surface area contributed by atoms with Crippen molar-refractivity contribution in [2.24, 2.45) is 0 Å². The Hall–Kier alpha value is -0.530. The third-order valence-electron chi connectivity index (χ3n) is 0.224. The molecule has 0 bridgehead atoms. The first-order chi connectivity index (χ1) is 2.27. The van der Waals surface area contributed by atoms with Crippen LogP contribution in [0.15, 0.2) is 0 Å². The van der Waals surface area contributed by atoms with E-state index in [1.165, 1.54) is 0 Å². The van der Waals surface area contributed by atoms with Gasteiger partial charge in [0.15, 0.2) is 6.34 Å². The minimum atomic E-state index is 1.54. The topological polar surface area (TPSA) is 27.1 Å². The van der Waals surface area contributed by atoms with E-state index in [0.717, 1.165) is 0 Å². The van der Waals surface area contributed by atoms with Crippen LogP contribution in [0, 0.1) is 5.41 Å². The van der Waals surface area contributed by atoms with Gasteiger partial charge in [-0.2, -0.15) is 0 Å². The Bertz CT molecular complexity index is 31.9. The maximum absolute atomic E-state index is 6.33. The second-order valence-corrected chi connectivity index (χ2v) is 1.01. The zero-order chi connectivity index (χ0) is 4.28. The lowest BCUT2D eigenvalue weighted by molar-refractivity contribution is 0.639. The van der Waals surface area contributed by atoms with Crippen molar-refractivity contribution in [2.45, 2.75) is 0 Å². The molecule has 0 amide bonds. The highest BCUT2D eigenvalue weighted by atomic mass is 15.1. The lowest BCUT2D eigenvalue weighted by Crippen LogP contribution is -2.05. The van der Waals surface area contributed by atoms with Gasteiger partial charge in [0.2, 0.25) is 0 Å². The van der Waals surface area contributed by atoms with E-state index in [0.29, 0.717) is 0 Å². The molecule has 0 unspecified atom stereocenters. The highest BCUT2D eigenvalue weighted by Gasteiger charge is 1.66. The summed E-state index contributed by atoms with van der Waals surface area (Å²) >= 11 is 0. The summed E-state index contributed by atoms with van der Waals surface area (Å²) in [5.74, 6) is 0. The van der Waals surface area contributed by atoms with Crippen LogP contribution in [0.25, 0.3) is 0 Å². The summed E-state index contributed by atoms with van der Waals surface area (Å²) in [4.78, 5) is 1.54. The maximum Gasteiger partial charge on any atom is 0.163 e. The van der Waals surface area contributed by atoms with E-state index in [9.17, 15) is 0 Å². The van der Waals surface area contributed by atoms with Gasteiger partial charge in [-0.05, 0) is 0 Å². The van der Waals surface area contributed by atoms with Crippen molar-refractivity contribution in [3.8, 4) is 0 Å². The number of nitrogens with one attached hydrogen (secondary N) is 1. The minimum absolute atomic E-state index is 1.54. The van der Waals surface area contributed by atoms with Crippen molar-refractivity contribution in [2.75, 3.05) is 14.1 Å². The third kappa shape index (κ3) is 3.47. The predicted octanol–water partition coefficient (Wildman–Crippen LogP) is 0.0321. The molecule has 0 fully saturated rings. The fourth-order valence-electron chi connectivity index (χ4n) is 0. The summed E-state index contributed by atoms with van der Waals surface area (Å²) in [6.07, 6.45) is 2.11. The van der Waals surface area contributed by atoms with Gasteiger partial charge in [0.1, 0.15) is 0 Å². The average Bonchev–Trinajstić information content (AvgIpc) is 1.38. The second-order valence-electron chi connectivity index (χ2n) is 1.01. The summed E-state index contributed by atoms with van der Waals surface area (Å²) in [6, 6.07) is 0. The van der Waals surface area contributed by atoms with Crippen molar-refractivity contribution in [1.29, 1.82) is 5.41 Å². The van der Waals surface area contributed by atoms with E-state index in [1.807, 2.05) is 0 Å². The normalized spacial score (nSPS) is 6.80. The first kappa shape index (κ1) is 4.47. The Morgan fingerprint density at radius 3 is 1.80 bits per heavy atom. The molecule has 0 aliphatic rings. The molecule has 0 aromatic carbocycles. The molecule has 0 spiro atoms. The molecule has 29 valence electrons. The van der Waals surface area contributed by atoms with Crippen LogP contribution in [0.3, 0.4) is 0 Å². The zero-order valence-corrected chi connectivity index (χ0v) is 3.45.